The average molecular weight is 314 g/mol. The number of aliphatic hydroxyl groups is 1. The fourth-order valence-electron chi connectivity index (χ4n) is 2.27. The Balaban J connectivity index is 2.15. The largest absolute Gasteiger partial charge is 0.496 e. The third-order valence-corrected chi connectivity index (χ3v) is 3.77. The molecule has 0 fully saturated rings. The number of hydrogen-bond donors (Lipinski definition) is 1. The van der Waals surface area contributed by atoms with Crippen molar-refractivity contribution in [3.05, 3.63) is 65.2 Å². The van der Waals surface area contributed by atoms with Crippen LogP contribution < -0.4 is 4.74 Å². The number of aliphatic hydroxyl groups excluding tert-OH is 1. The Kier molecular flexibility index (Phi) is 5.40. The van der Waals surface area contributed by atoms with Gasteiger partial charge in [-0.3, -0.25) is 0 Å². The van der Waals surface area contributed by atoms with E-state index in [1.165, 1.54) is 0 Å². The monoisotopic (exact) mass is 314 g/mol. The van der Waals surface area contributed by atoms with Crippen LogP contribution in [-0.4, -0.2) is 24.8 Å². The van der Waals surface area contributed by atoms with Gasteiger partial charge in [0.1, 0.15) is 12.4 Å². The van der Waals surface area contributed by atoms with Gasteiger partial charge in [-0.1, -0.05) is 50.2 Å². The van der Waals surface area contributed by atoms with E-state index in [1.807, 2.05) is 44.2 Å². The van der Waals surface area contributed by atoms with Crippen LogP contribution in [0.15, 0.2) is 48.5 Å². The van der Waals surface area contributed by atoms with Gasteiger partial charge in [-0.05, 0) is 17.7 Å². The van der Waals surface area contributed by atoms with Crippen molar-refractivity contribution in [2.24, 2.45) is 0 Å². The summed E-state index contributed by atoms with van der Waals surface area (Å²) in [7, 11) is 1.55. The van der Waals surface area contributed by atoms with Crippen LogP contribution in [0.2, 0.25) is 0 Å². The molecule has 1 N–H and O–H groups in total. The number of carbonyl (C=O) groups is 1. The SMILES string of the molecule is COc1cc(C(=O)OCc2ccccc2)ccc1C(C)(C)CO. The molecule has 0 bridgehead atoms. The van der Waals surface area contributed by atoms with Crippen LogP contribution in [0.3, 0.4) is 0 Å². The molecule has 0 aromatic heterocycles. The van der Waals surface area contributed by atoms with Crippen molar-refractivity contribution in [3.63, 3.8) is 0 Å². The van der Waals surface area contributed by atoms with Gasteiger partial charge in [0.2, 0.25) is 0 Å². The van der Waals surface area contributed by atoms with E-state index < -0.39 is 11.4 Å². The smallest absolute Gasteiger partial charge is 0.338 e. The molecule has 0 unspecified atom stereocenters. The van der Waals surface area contributed by atoms with Crippen molar-refractivity contribution in [2.45, 2.75) is 25.9 Å². The maximum Gasteiger partial charge on any atom is 0.338 e. The molecule has 0 aliphatic rings. The van der Waals surface area contributed by atoms with Crippen molar-refractivity contribution < 1.29 is 19.4 Å². The fourth-order valence-corrected chi connectivity index (χ4v) is 2.27. The molecule has 23 heavy (non-hydrogen) atoms. The Bertz CT molecular complexity index is 662. The van der Waals surface area contributed by atoms with Crippen molar-refractivity contribution in [3.8, 4) is 5.75 Å². The van der Waals surface area contributed by atoms with E-state index >= 15 is 0 Å². The minimum absolute atomic E-state index is 0.0127. The maximum atomic E-state index is 12.2. The number of rotatable bonds is 6. The number of hydrogen-bond acceptors (Lipinski definition) is 4. The zero-order valence-electron chi connectivity index (χ0n) is 13.7. The predicted molar refractivity (Wildman–Crippen MR) is 88.7 cm³/mol. The molecule has 122 valence electrons. The Morgan fingerprint density at radius 1 is 1.13 bits per heavy atom. The van der Waals surface area contributed by atoms with Gasteiger partial charge in [0.15, 0.2) is 0 Å². The Morgan fingerprint density at radius 3 is 2.43 bits per heavy atom. The second-order valence-corrected chi connectivity index (χ2v) is 6.02. The van der Waals surface area contributed by atoms with E-state index in [2.05, 4.69) is 0 Å². The lowest BCUT2D eigenvalue weighted by Gasteiger charge is -2.24. The Morgan fingerprint density at radius 2 is 1.83 bits per heavy atom. The molecule has 4 heteroatoms. The summed E-state index contributed by atoms with van der Waals surface area (Å²) in [6, 6.07) is 14.7. The summed E-state index contributed by atoms with van der Waals surface area (Å²) in [4.78, 5) is 12.2. The lowest BCUT2D eigenvalue weighted by atomic mass is 9.84. The molecule has 0 saturated heterocycles. The highest BCUT2D eigenvalue weighted by atomic mass is 16.5. The number of methoxy groups -OCH3 is 1. The first-order chi connectivity index (χ1) is 11.0. The van der Waals surface area contributed by atoms with Crippen LogP contribution in [0.5, 0.6) is 5.75 Å². The standard InChI is InChI=1S/C19H22O4/c1-19(2,13-20)16-10-9-15(11-17(16)22-3)18(21)23-12-14-7-5-4-6-8-14/h4-11,20H,12-13H2,1-3H3. The van der Waals surface area contributed by atoms with E-state index in [4.69, 9.17) is 9.47 Å². The fraction of sp³-hybridized carbons (Fsp3) is 0.316. The zero-order valence-corrected chi connectivity index (χ0v) is 13.7. The number of ether oxygens (including phenoxy) is 2. The van der Waals surface area contributed by atoms with Gasteiger partial charge in [0, 0.05) is 11.0 Å². The normalized spacial score (nSPS) is 11.1. The highest BCUT2D eigenvalue weighted by molar-refractivity contribution is 5.90. The summed E-state index contributed by atoms with van der Waals surface area (Å²) in [5.41, 5.74) is 1.76. The lowest BCUT2D eigenvalue weighted by Crippen LogP contribution is -2.23. The molecule has 2 aromatic carbocycles. The van der Waals surface area contributed by atoms with Gasteiger partial charge in [0.05, 0.1) is 19.3 Å². The average Bonchev–Trinajstić information content (AvgIpc) is 2.59. The van der Waals surface area contributed by atoms with Crippen LogP contribution in [0, 0.1) is 0 Å². The summed E-state index contributed by atoms with van der Waals surface area (Å²) in [5, 5.41) is 9.51. The van der Waals surface area contributed by atoms with E-state index in [0.29, 0.717) is 11.3 Å². The van der Waals surface area contributed by atoms with Gasteiger partial charge < -0.3 is 14.6 Å². The third kappa shape index (κ3) is 4.11. The third-order valence-electron chi connectivity index (χ3n) is 3.77. The van der Waals surface area contributed by atoms with Gasteiger partial charge in [-0.2, -0.15) is 0 Å². The molecule has 0 atom stereocenters. The molecule has 4 nitrogen and oxygen atoms in total. The van der Waals surface area contributed by atoms with Gasteiger partial charge >= 0.3 is 5.97 Å². The first kappa shape index (κ1) is 17.0. The summed E-state index contributed by atoms with van der Waals surface area (Å²) in [6.45, 7) is 4.05. The lowest BCUT2D eigenvalue weighted by molar-refractivity contribution is 0.0472. The Hall–Kier alpha value is -2.33. The van der Waals surface area contributed by atoms with Gasteiger partial charge in [-0.15, -0.1) is 0 Å². The van der Waals surface area contributed by atoms with Crippen LogP contribution in [-0.2, 0) is 16.8 Å². The van der Waals surface area contributed by atoms with Crippen molar-refractivity contribution in [1.82, 2.24) is 0 Å². The summed E-state index contributed by atoms with van der Waals surface area (Å²) >= 11 is 0. The van der Waals surface area contributed by atoms with Crippen LogP contribution in [0.4, 0.5) is 0 Å². The topological polar surface area (TPSA) is 55.8 Å². The van der Waals surface area contributed by atoms with Gasteiger partial charge in [0.25, 0.3) is 0 Å². The van der Waals surface area contributed by atoms with E-state index in [9.17, 15) is 9.90 Å². The quantitative estimate of drug-likeness (QED) is 0.831. The van der Waals surface area contributed by atoms with E-state index in [0.717, 1.165) is 11.1 Å². The zero-order chi connectivity index (χ0) is 16.9. The predicted octanol–water partition coefficient (Wildman–Crippen LogP) is 3.32. The molecule has 2 rings (SSSR count). The molecule has 0 aliphatic heterocycles. The first-order valence-corrected chi connectivity index (χ1v) is 7.48. The minimum Gasteiger partial charge on any atom is -0.496 e. The maximum absolute atomic E-state index is 12.2. The van der Waals surface area contributed by atoms with E-state index in [-0.39, 0.29) is 13.2 Å². The minimum atomic E-state index is -0.447. The van der Waals surface area contributed by atoms with Crippen LogP contribution in [0.1, 0.15) is 35.3 Å². The molecular formula is C19H22O4. The first-order valence-electron chi connectivity index (χ1n) is 7.48. The molecule has 0 saturated carbocycles. The number of benzene rings is 2. The molecular weight excluding hydrogens is 292 g/mol. The highest BCUT2D eigenvalue weighted by Gasteiger charge is 2.24. The molecule has 2 aromatic rings. The van der Waals surface area contributed by atoms with Crippen LogP contribution >= 0.6 is 0 Å². The van der Waals surface area contributed by atoms with E-state index in [1.54, 1.807) is 25.3 Å². The molecule has 0 heterocycles. The molecule has 0 radical (unpaired) electrons. The molecule has 0 aliphatic carbocycles. The van der Waals surface area contributed by atoms with Crippen molar-refractivity contribution in [1.29, 1.82) is 0 Å². The number of carbonyl (C=O) groups excluding carboxylic acids is 1. The second kappa shape index (κ2) is 7.29. The summed E-state index contributed by atoms with van der Waals surface area (Å²) < 4.78 is 10.7. The number of esters is 1. The van der Waals surface area contributed by atoms with Gasteiger partial charge in [-0.25, -0.2) is 4.79 Å². The molecule has 0 spiro atoms. The summed E-state index contributed by atoms with van der Waals surface area (Å²) in [6.07, 6.45) is 0. The summed E-state index contributed by atoms with van der Waals surface area (Å²) in [5.74, 6) is 0.165. The van der Waals surface area contributed by atoms with Crippen LogP contribution in [0.25, 0.3) is 0 Å². The van der Waals surface area contributed by atoms with Crippen molar-refractivity contribution in [2.75, 3.05) is 13.7 Å². The Labute approximate surface area is 136 Å². The highest BCUT2D eigenvalue weighted by Crippen LogP contribution is 2.32. The van der Waals surface area contributed by atoms with Crippen molar-refractivity contribution >= 4 is 5.97 Å². The molecule has 0 amide bonds. The second-order valence-electron chi connectivity index (χ2n) is 6.02.